The summed E-state index contributed by atoms with van der Waals surface area (Å²) >= 11 is 0. The molecule has 5 nitrogen and oxygen atoms in total. The largest absolute Gasteiger partial charge is 0.480 e. The minimum atomic E-state index is -1.33. The van der Waals surface area contributed by atoms with Crippen LogP contribution < -0.4 is 11.1 Å². The van der Waals surface area contributed by atoms with Crippen molar-refractivity contribution in [3.8, 4) is 0 Å². The van der Waals surface area contributed by atoms with Crippen LogP contribution in [0, 0.1) is 0 Å². The number of carbonyl (C=O) groups excluding carboxylic acids is 1. The summed E-state index contributed by atoms with van der Waals surface area (Å²) in [6, 6.07) is 6.39. The average Bonchev–Trinajstić information content (AvgIpc) is 2.37. The van der Waals surface area contributed by atoms with Crippen LogP contribution in [0.4, 0.5) is 4.39 Å². The van der Waals surface area contributed by atoms with Crippen LogP contribution in [0.1, 0.15) is 5.56 Å². The molecule has 1 rings (SSSR count). The molecule has 0 spiro atoms. The molecule has 1 aromatic rings. The molecule has 0 heterocycles. The lowest BCUT2D eigenvalue weighted by molar-refractivity contribution is -0.142. The number of hydrogen-bond donors (Lipinski definition) is 3. The number of nitrogens with two attached hydrogens (primary N) is 1. The third-order valence-electron chi connectivity index (χ3n) is 2.40. The topological polar surface area (TPSA) is 92.4 Å². The highest BCUT2D eigenvalue weighted by atomic mass is 19.1. The van der Waals surface area contributed by atoms with Gasteiger partial charge in [-0.05, 0) is 5.56 Å². The first-order valence-corrected chi connectivity index (χ1v) is 5.43. The van der Waals surface area contributed by atoms with Gasteiger partial charge in [-0.25, -0.2) is 9.18 Å². The van der Waals surface area contributed by atoms with Crippen LogP contribution in [0.2, 0.25) is 0 Å². The van der Waals surface area contributed by atoms with E-state index in [9.17, 15) is 14.0 Å². The summed E-state index contributed by atoms with van der Waals surface area (Å²) < 4.78 is 12.2. The number of carboxylic acids is 1. The van der Waals surface area contributed by atoms with Crippen LogP contribution in [0.3, 0.4) is 0 Å². The monoisotopic (exact) mass is 254 g/mol. The van der Waals surface area contributed by atoms with Gasteiger partial charge in [-0.3, -0.25) is 4.79 Å². The summed E-state index contributed by atoms with van der Waals surface area (Å²) in [6.45, 7) is -1.02. The molecule has 0 aliphatic rings. The minimum absolute atomic E-state index is 0.126. The van der Waals surface area contributed by atoms with Crippen LogP contribution in [-0.2, 0) is 16.0 Å². The molecule has 6 heteroatoms. The number of alkyl halides is 1. The molecule has 98 valence electrons. The molecule has 0 saturated carbocycles. The van der Waals surface area contributed by atoms with E-state index in [1.165, 1.54) is 0 Å². The molecular weight excluding hydrogens is 239 g/mol. The molecule has 0 aliphatic carbocycles. The fourth-order valence-electron chi connectivity index (χ4n) is 1.40. The predicted octanol–water partition coefficient (Wildman–Crippen LogP) is 0.0953. The van der Waals surface area contributed by atoms with Crippen molar-refractivity contribution in [2.24, 2.45) is 5.73 Å². The Kier molecular flexibility index (Phi) is 5.26. The van der Waals surface area contributed by atoms with Gasteiger partial charge in [-0.1, -0.05) is 30.3 Å². The average molecular weight is 254 g/mol. The second-order valence-corrected chi connectivity index (χ2v) is 3.85. The van der Waals surface area contributed by atoms with Crippen molar-refractivity contribution < 1.29 is 19.1 Å². The van der Waals surface area contributed by atoms with Crippen LogP contribution in [0.5, 0.6) is 0 Å². The van der Waals surface area contributed by atoms with E-state index in [1.54, 1.807) is 30.3 Å². The van der Waals surface area contributed by atoms with E-state index in [2.05, 4.69) is 5.32 Å². The van der Waals surface area contributed by atoms with Gasteiger partial charge >= 0.3 is 5.97 Å². The molecule has 2 atom stereocenters. The van der Waals surface area contributed by atoms with Gasteiger partial charge in [-0.2, -0.15) is 0 Å². The predicted molar refractivity (Wildman–Crippen MR) is 63.7 cm³/mol. The highest BCUT2D eigenvalue weighted by Crippen LogP contribution is 2.03. The number of aliphatic carboxylic acids is 1. The lowest BCUT2D eigenvalue weighted by Crippen LogP contribution is -2.50. The molecule has 0 bridgehead atoms. The molecular formula is C12H15FN2O3. The quantitative estimate of drug-likeness (QED) is 0.671. The third-order valence-corrected chi connectivity index (χ3v) is 2.40. The van der Waals surface area contributed by atoms with Gasteiger partial charge < -0.3 is 16.2 Å². The molecule has 0 aliphatic heterocycles. The van der Waals surface area contributed by atoms with Crippen molar-refractivity contribution in [3.63, 3.8) is 0 Å². The Hall–Kier alpha value is -1.95. The van der Waals surface area contributed by atoms with Gasteiger partial charge in [0.25, 0.3) is 0 Å². The molecule has 4 N–H and O–H groups in total. The fourth-order valence-corrected chi connectivity index (χ4v) is 1.40. The Morgan fingerprint density at radius 3 is 2.44 bits per heavy atom. The summed E-state index contributed by atoms with van der Waals surface area (Å²) in [5, 5.41) is 11.2. The van der Waals surface area contributed by atoms with Crippen LogP contribution in [-0.4, -0.2) is 35.7 Å². The smallest absolute Gasteiger partial charge is 0.326 e. The minimum Gasteiger partial charge on any atom is -0.480 e. The van der Waals surface area contributed by atoms with E-state index in [4.69, 9.17) is 10.8 Å². The summed E-state index contributed by atoms with van der Waals surface area (Å²) in [4.78, 5) is 22.3. The summed E-state index contributed by atoms with van der Waals surface area (Å²) in [5.41, 5.74) is 5.94. The normalized spacial score (nSPS) is 13.7. The standard InChI is InChI=1S/C12H15FN2O3/c13-7-9(14)11(16)15-10(12(17)18)6-8-4-2-1-3-5-8/h1-5,9-10H,6-7,14H2,(H,15,16)(H,17,18)/t9-,10+/m1/s1. The van der Waals surface area contributed by atoms with E-state index >= 15 is 0 Å². The number of rotatable bonds is 6. The maximum atomic E-state index is 12.2. The molecule has 0 fully saturated rings. The number of carbonyl (C=O) groups is 2. The number of hydrogen-bond acceptors (Lipinski definition) is 3. The van der Waals surface area contributed by atoms with Gasteiger partial charge in [-0.15, -0.1) is 0 Å². The number of amides is 1. The highest BCUT2D eigenvalue weighted by Gasteiger charge is 2.23. The highest BCUT2D eigenvalue weighted by molar-refractivity contribution is 5.87. The van der Waals surface area contributed by atoms with Gasteiger partial charge in [0.05, 0.1) is 0 Å². The molecule has 1 amide bonds. The van der Waals surface area contributed by atoms with Gasteiger partial charge in [0.15, 0.2) is 0 Å². The van der Waals surface area contributed by atoms with Crippen molar-refractivity contribution in [1.82, 2.24) is 5.32 Å². The zero-order valence-electron chi connectivity index (χ0n) is 9.67. The first kappa shape index (κ1) is 14.1. The lowest BCUT2D eigenvalue weighted by Gasteiger charge is -2.16. The van der Waals surface area contributed by atoms with Crippen LogP contribution in [0.25, 0.3) is 0 Å². The first-order valence-electron chi connectivity index (χ1n) is 5.43. The molecule has 0 radical (unpaired) electrons. The first-order chi connectivity index (χ1) is 8.54. The Morgan fingerprint density at radius 2 is 1.94 bits per heavy atom. The second kappa shape index (κ2) is 6.70. The van der Waals surface area contributed by atoms with Crippen LogP contribution >= 0.6 is 0 Å². The third kappa shape index (κ3) is 4.14. The summed E-state index contributed by atoms with van der Waals surface area (Å²) in [5.74, 6) is -1.99. The SMILES string of the molecule is N[C@H](CF)C(=O)N[C@@H](Cc1ccccc1)C(=O)O. The number of benzene rings is 1. The maximum absolute atomic E-state index is 12.2. The van der Waals surface area contributed by atoms with E-state index in [-0.39, 0.29) is 6.42 Å². The Labute approximate surface area is 104 Å². The summed E-state index contributed by atoms with van der Waals surface area (Å²) in [6.07, 6.45) is 0.126. The molecule has 1 aromatic carbocycles. The van der Waals surface area contributed by atoms with Crippen molar-refractivity contribution in [2.75, 3.05) is 6.67 Å². The van der Waals surface area contributed by atoms with E-state index in [1.807, 2.05) is 0 Å². The lowest BCUT2D eigenvalue weighted by atomic mass is 10.1. The molecule has 0 aromatic heterocycles. The van der Waals surface area contributed by atoms with Crippen LogP contribution in [0.15, 0.2) is 30.3 Å². The van der Waals surface area contributed by atoms with Crippen molar-refractivity contribution >= 4 is 11.9 Å². The molecule has 18 heavy (non-hydrogen) atoms. The Balaban J connectivity index is 2.67. The van der Waals surface area contributed by atoms with E-state index in [0.29, 0.717) is 0 Å². The Bertz CT molecular complexity index is 411. The molecule has 0 unspecified atom stereocenters. The van der Waals surface area contributed by atoms with E-state index < -0.39 is 30.6 Å². The second-order valence-electron chi connectivity index (χ2n) is 3.85. The van der Waals surface area contributed by atoms with Gasteiger partial charge in [0.2, 0.25) is 5.91 Å². The van der Waals surface area contributed by atoms with Gasteiger partial charge in [0.1, 0.15) is 18.8 Å². The zero-order chi connectivity index (χ0) is 13.5. The molecule has 0 saturated heterocycles. The van der Waals surface area contributed by atoms with Crippen molar-refractivity contribution in [3.05, 3.63) is 35.9 Å². The van der Waals surface area contributed by atoms with E-state index in [0.717, 1.165) is 5.56 Å². The number of carboxylic acid groups (broad SMARTS) is 1. The number of halogens is 1. The summed E-state index contributed by atoms with van der Waals surface area (Å²) in [7, 11) is 0. The number of nitrogens with one attached hydrogen (secondary N) is 1. The van der Waals surface area contributed by atoms with Crippen molar-refractivity contribution in [2.45, 2.75) is 18.5 Å². The fraction of sp³-hybridized carbons (Fsp3) is 0.333. The zero-order valence-corrected chi connectivity index (χ0v) is 9.67. The van der Waals surface area contributed by atoms with Crippen molar-refractivity contribution in [1.29, 1.82) is 0 Å². The Morgan fingerprint density at radius 1 is 1.33 bits per heavy atom. The maximum Gasteiger partial charge on any atom is 0.326 e. The van der Waals surface area contributed by atoms with Gasteiger partial charge in [0, 0.05) is 6.42 Å².